The molecule has 0 bridgehead atoms. The number of halogens is 1. The molecule has 2 aromatic carbocycles. The number of pyridine rings is 1. The molecule has 0 radical (unpaired) electrons. The van der Waals surface area contributed by atoms with Crippen molar-refractivity contribution in [2.24, 2.45) is 0 Å². The molecule has 34 heavy (non-hydrogen) atoms. The Kier molecular flexibility index (Phi) is 6.77. The number of aromatic nitrogens is 1. The van der Waals surface area contributed by atoms with Crippen LogP contribution in [0.1, 0.15) is 19.5 Å². The van der Waals surface area contributed by atoms with Crippen LogP contribution in [0, 0.1) is 12.7 Å². The third-order valence-electron chi connectivity index (χ3n) is 5.73. The van der Waals surface area contributed by atoms with Gasteiger partial charge in [0.05, 0.1) is 24.2 Å². The predicted molar refractivity (Wildman–Crippen MR) is 132 cm³/mol. The summed E-state index contributed by atoms with van der Waals surface area (Å²) in [6.07, 6.45) is 0. The minimum absolute atomic E-state index is 0.268. The Labute approximate surface area is 200 Å². The lowest BCUT2D eigenvalue weighted by atomic mass is 10.1. The number of hydrogen-bond donors (Lipinski definition) is 2. The molecule has 1 aliphatic rings. The average Bonchev–Trinajstić information content (AvgIpc) is 2.78. The van der Waals surface area contributed by atoms with E-state index in [2.05, 4.69) is 33.8 Å². The lowest BCUT2D eigenvalue weighted by Gasteiger charge is -2.38. The quantitative estimate of drug-likeness (QED) is 0.546. The summed E-state index contributed by atoms with van der Waals surface area (Å²) in [6, 6.07) is 15.0. The second kappa shape index (κ2) is 9.60. The van der Waals surface area contributed by atoms with Crippen LogP contribution in [-0.2, 0) is 10.0 Å². The first-order chi connectivity index (χ1) is 16.2. The molecule has 0 saturated carbocycles. The molecule has 0 amide bonds. The van der Waals surface area contributed by atoms with E-state index in [1.54, 1.807) is 37.4 Å². The molecule has 2 heterocycles. The summed E-state index contributed by atoms with van der Waals surface area (Å²) in [5.74, 6) is -0.197. The maximum absolute atomic E-state index is 14.9. The van der Waals surface area contributed by atoms with E-state index in [9.17, 15) is 12.8 Å². The van der Waals surface area contributed by atoms with Gasteiger partial charge in [-0.25, -0.2) is 12.8 Å². The molecule has 2 N–H and O–H groups in total. The number of aryl methyl sites for hydroxylation is 1. The van der Waals surface area contributed by atoms with E-state index in [4.69, 9.17) is 4.74 Å². The van der Waals surface area contributed by atoms with Crippen LogP contribution in [0.5, 0.6) is 5.75 Å². The summed E-state index contributed by atoms with van der Waals surface area (Å²) in [6.45, 7) is 7.54. The van der Waals surface area contributed by atoms with Crippen molar-refractivity contribution in [3.05, 3.63) is 66.1 Å². The van der Waals surface area contributed by atoms with Crippen LogP contribution < -0.4 is 19.7 Å². The molecule has 4 rings (SSSR count). The molecule has 3 aromatic rings. The minimum Gasteiger partial charge on any atom is -0.495 e. The highest BCUT2D eigenvalue weighted by molar-refractivity contribution is 7.92. The van der Waals surface area contributed by atoms with Gasteiger partial charge >= 0.3 is 0 Å². The highest BCUT2D eigenvalue weighted by Crippen LogP contribution is 2.34. The largest absolute Gasteiger partial charge is 0.495 e. The van der Waals surface area contributed by atoms with Crippen LogP contribution >= 0.6 is 0 Å². The van der Waals surface area contributed by atoms with E-state index in [1.165, 1.54) is 12.1 Å². The van der Waals surface area contributed by atoms with Crippen molar-refractivity contribution >= 4 is 21.4 Å². The van der Waals surface area contributed by atoms with Crippen LogP contribution in [-0.4, -0.2) is 45.7 Å². The van der Waals surface area contributed by atoms with E-state index >= 15 is 0 Å². The molecule has 0 aliphatic carbocycles. The van der Waals surface area contributed by atoms with Crippen molar-refractivity contribution in [1.29, 1.82) is 0 Å². The summed E-state index contributed by atoms with van der Waals surface area (Å²) in [5, 5.41) is 3.48. The number of anilines is 2. The van der Waals surface area contributed by atoms with Crippen molar-refractivity contribution in [3.63, 3.8) is 0 Å². The third-order valence-corrected chi connectivity index (χ3v) is 7.15. The topological polar surface area (TPSA) is 83.6 Å². The Balaban J connectivity index is 1.62. The van der Waals surface area contributed by atoms with Crippen molar-refractivity contribution < 1.29 is 17.5 Å². The molecule has 9 heteroatoms. The predicted octanol–water partition coefficient (Wildman–Crippen LogP) is 4.19. The van der Waals surface area contributed by atoms with Gasteiger partial charge < -0.3 is 15.0 Å². The van der Waals surface area contributed by atoms with E-state index in [0.717, 1.165) is 24.5 Å². The normalized spacial score (nSPS) is 18.6. The van der Waals surface area contributed by atoms with Crippen molar-refractivity contribution in [1.82, 2.24) is 10.3 Å². The zero-order chi connectivity index (χ0) is 24.5. The van der Waals surface area contributed by atoms with Crippen molar-refractivity contribution in [3.8, 4) is 17.0 Å². The van der Waals surface area contributed by atoms with Gasteiger partial charge in [-0.2, -0.15) is 0 Å². The maximum atomic E-state index is 14.9. The fourth-order valence-corrected chi connectivity index (χ4v) is 5.43. The van der Waals surface area contributed by atoms with Gasteiger partial charge in [-0.3, -0.25) is 9.71 Å². The van der Waals surface area contributed by atoms with Gasteiger partial charge in [-0.1, -0.05) is 12.1 Å². The number of sulfonamides is 1. The van der Waals surface area contributed by atoms with E-state index in [-0.39, 0.29) is 12.1 Å². The van der Waals surface area contributed by atoms with Crippen LogP contribution in [0.3, 0.4) is 0 Å². The first-order valence-electron chi connectivity index (χ1n) is 11.1. The Morgan fingerprint density at radius 1 is 1.09 bits per heavy atom. The molecule has 7 nitrogen and oxygen atoms in total. The summed E-state index contributed by atoms with van der Waals surface area (Å²) in [5.41, 5.74) is 2.99. The molecule has 0 spiro atoms. The average molecular weight is 485 g/mol. The van der Waals surface area contributed by atoms with Gasteiger partial charge in [0.25, 0.3) is 10.0 Å². The zero-order valence-electron chi connectivity index (χ0n) is 19.7. The minimum atomic E-state index is -4.16. The highest BCUT2D eigenvalue weighted by atomic mass is 32.2. The van der Waals surface area contributed by atoms with Crippen molar-refractivity contribution in [2.45, 2.75) is 37.8 Å². The fourth-order valence-electron chi connectivity index (χ4n) is 4.32. The highest BCUT2D eigenvalue weighted by Gasteiger charge is 2.25. The van der Waals surface area contributed by atoms with Crippen LogP contribution in [0.15, 0.2) is 59.5 Å². The summed E-state index contributed by atoms with van der Waals surface area (Å²) in [4.78, 5) is 6.11. The number of hydrogen-bond acceptors (Lipinski definition) is 6. The van der Waals surface area contributed by atoms with Gasteiger partial charge in [-0.15, -0.1) is 0 Å². The van der Waals surface area contributed by atoms with Crippen LogP contribution in [0.4, 0.5) is 15.8 Å². The fraction of sp³-hybridized carbons (Fsp3) is 0.320. The standard InChI is InChI=1S/C25H29FN4O3S/c1-16-6-5-7-22(28-16)19-8-11-25(21(26)12-19)34(31,32)29-20-9-10-24(33-4)23(13-20)30-14-17(2)27-18(3)15-30/h5-13,17-18,27,29H,14-15H2,1-4H3/t17-,18+. The number of methoxy groups -OCH3 is 1. The molecule has 180 valence electrons. The second-order valence-corrected chi connectivity index (χ2v) is 10.3. The molecule has 0 unspecified atom stereocenters. The van der Waals surface area contributed by atoms with Gasteiger partial charge in [0, 0.05) is 36.4 Å². The van der Waals surface area contributed by atoms with E-state index in [1.807, 2.05) is 19.1 Å². The van der Waals surface area contributed by atoms with Gasteiger partial charge in [-0.05, 0) is 63.2 Å². The third kappa shape index (κ3) is 5.15. The lowest BCUT2D eigenvalue weighted by Crippen LogP contribution is -2.54. The van der Waals surface area contributed by atoms with E-state index < -0.39 is 20.7 Å². The molecular weight excluding hydrogens is 455 g/mol. The van der Waals surface area contributed by atoms with Crippen molar-refractivity contribution in [2.75, 3.05) is 29.8 Å². The smallest absolute Gasteiger partial charge is 0.264 e. The van der Waals surface area contributed by atoms with E-state index in [0.29, 0.717) is 22.7 Å². The summed E-state index contributed by atoms with van der Waals surface area (Å²) < 4.78 is 49.1. The Morgan fingerprint density at radius 3 is 2.47 bits per heavy atom. The Morgan fingerprint density at radius 2 is 1.82 bits per heavy atom. The first-order valence-corrected chi connectivity index (χ1v) is 12.6. The Hall–Kier alpha value is -3.17. The van der Waals surface area contributed by atoms with Crippen LogP contribution in [0.2, 0.25) is 0 Å². The van der Waals surface area contributed by atoms with Crippen LogP contribution in [0.25, 0.3) is 11.3 Å². The molecule has 1 aromatic heterocycles. The second-order valence-electron chi connectivity index (χ2n) is 8.68. The molecule has 1 aliphatic heterocycles. The number of benzene rings is 2. The van der Waals surface area contributed by atoms with Gasteiger partial charge in [0.1, 0.15) is 16.5 Å². The monoisotopic (exact) mass is 484 g/mol. The lowest BCUT2D eigenvalue weighted by molar-refractivity contribution is 0.391. The number of ether oxygens (including phenoxy) is 1. The summed E-state index contributed by atoms with van der Waals surface area (Å²) >= 11 is 0. The van der Waals surface area contributed by atoms with Gasteiger partial charge in [0.2, 0.25) is 0 Å². The SMILES string of the molecule is COc1ccc(NS(=O)(=O)c2ccc(-c3cccc(C)n3)cc2F)cc1N1C[C@@H](C)N[C@@H](C)C1. The molecular formula is C25H29FN4O3S. The Bertz CT molecular complexity index is 1290. The van der Waals surface area contributed by atoms with Gasteiger partial charge in [0.15, 0.2) is 0 Å². The summed E-state index contributed by atoms with van der Waals surface area (Å²) in [7, 11) is -2.58. The first kappa shape index (κ1) is 24.0. The molecule has 2 atom stereocenters. The zero-order valence-corrected chi connectivity index (χ0v) is 20.5. The molecule has 1 saturated heterocycles. The number of rotatable bonds is 6. The maximum Gasteiger partial charge on any atom is 0.264 e. The number of piperazine rings is 1. The number of nitrogens with one attached hydrogen (secondary N) is 2. The number of nitrogens with zero attached hydrogens (tertiary/aromatic N) is 2. The molecule has 1 fully saturated rings.